The second-order valence-electron chi connectivity index (χ2n) is 3.68. The van der Waals surface area contributed by atoms with E-state index in [1.54, 1.807) is 6.07 Å². The minimum absolute atomic E-state index is 0.148. The van der Waals surface area contributed by atoms with Gasteiger partial charge in [-0.05, 0) is 31.5 Å². The number of hydrogen-bond donors (Lipinski definition) is 1. The van der Waals surface area contributed by atoms with Crippen LogP contribution in [0.2, 0.25) is 0 Å². The maximum Gasteiger partial charge on any atom is 0.147 e. The average Bonchev–Trinajstić information content (AvgIpc) is 2.63. The smallest absolute Gasteiger partial charge is 0.147 e. The minimum atomic E-state index is -0.148. The van der Waals surface area contributed by atoms with E-state index in [9.17, 15) is 4.39 Å². The van der Waals surface area contributed by atoms with E-state index < -0.39 is 0 Å². The van der Waals surface area contributed by atoms with Gasteiger partial charge in [-0.25, -0.2) is 4.39 Å². The molecule has 2 nitrogen and oxygen atoms in total. The number of nitrogens with two attached hydrogens (primary N) is 1. The Morgan fingerprint density at radius 2 is 2.07 bits per heavy atom. The highest BCUT2D eigenvalue weighted by Gasteiger charge is 2.05. The van der Waals surface area contributed by atoms with Gasteiger partial charge in [-0.2, -0.15) is 0 Å². The van der Waals surface area contributed by atoms with Crippen molar-refractivity contribution < 1.29 is 4.39 Å². The Bertz CT molecular complexity index is 448. The van der Waals surface area contributed by atoms with E-state index in [4.69, 9.17) is 5.73 Å². The van der Waals surface area contributed by atoms with Gasteiger partial charge < -0.3 is 10.3 Å². The number of aromatic nitrogens is 1. The van der Waals surface area contributed by atoms with Gasteiger partial charge in [-0.15, -0.1) is 0 Å². The van der Waals surface area contributed by atoms with E-state index in [0.717, 1.165) is 24.8 Å². The van der Waals surface area contributed by atoms with Crippen LogP contribution in [0.1, 0.15) is 12.8 Å². The fraction of sp³-hybridized carbons (Fsp3) is 0.333. The lowest BCUT2D eigenvalue weighted by Crippen LogP contribution is -2.02. The molecule has 0 saturated heterocycles. The first kappa shape index (κ1) is 10.2. The summed E-state index contributed by atoms with van der Waals surface area (Å²) < 4.78 is 15.5. The van der Waals surface area contributed by atoms with Gasteiger partial charge in [0, 0.05) is 18.1 Å². The van der Waals surface area contributed by atoms with Crippen LogP contribution in [0.4, 0.5) is 4.39 Å². The number of halogens is 1. The molecule has 1 heterocycles. The average molecular weight is 206 g/mol. The zero-order valence-electron chi connectivity index (χ0n) is 8.62. The Morgan fingerprint density at radius 1 is 1.20 bits per heavy atom. The Kier molecular flexibility index (Phi) is 3.02. The van der Waals surface area contributed by atoms with E-state index in [1.807, 2.05) is 22.9 Å². The fourth-order valence-corrected chi connectivity index (χ4v) is 1.83. The molecular formula is C12H15FN2. The predicted octanol–water partition coefficient (Wildman–Crippen LogP) is 2.52. The van der Waals surface area contributed by atoms with Crippen molar-refractivity contribution in [3.63, 3.8) is 0 Å². The summed E-state index contributed by atoms with van der Waals surface area (Å²) in [5.74, 6) is -0.148. The topological polar surface area (TPSA) is 30.9 Å². The largest absolute Gasteiger partial charge is 0.345 e. The van der Waals surface area contributed by atoms with Gasteiger partial charge in [-0.3, -0.25) is 0 Å². The number of benzene rings is 1. The monoisotopic (exact) mass is 206 g/mol. The molecular weight excluding hydrogens is 191 g/mol. The van der Waals surface area contributed by atoms with Crippen molar-refractivity contribution in [2.45, 2.75) is 19.4 Å². The maximum absolute atomic E-state index is 13.5. The molecule has 1 aromatic heterocycles. The third kappa shape index (κ3) is 2.02. The van der Waals surface area contributed by atoms with Crippen molar-refractivity contribution in [1.29, 1.82) is 0 Å². The third-order valence-corrected chi connectivity index (χ3v) is 2.59. The zero-order chi connectivity index (χ0) is 10.7. The highest BCUT2D eigenvalue weighted by Crippen LogP contribution is 2.19. The number of rotatable bonds is 4. The maximum atomic E-state index is 13.5. The van der Waals surface area contributed by atoms with E-state index in [-0.39, 0.29) is 5.82 Å². The second-order valence-corrected chi connectivity index (χ2v) is 3.68. The molecule has 1 aromatic carbocycles. The molecule has 2 N–H and O–H groups in total. The Balaban J connectivity index is 2.27. The molecule has 0 fully saturated rings. The summed E-state index contributed by atoms with van der Waals surface area (Å²) >= 11 is 0. The number of para-hydroxylation sites is 1. The van der Waals surface area contributed by atoms with E-state index in [2.05, 4.69) is 0 Å². The number of nitrogens with zero attached hydrogens (tertiary/aromatic N) is 1. The quantitative estimate of drug-likeness (QED) is 0.766. The van der Waals surface area contributed by atoms with Crippen molar-refractivity contribution in [2.24, 2.45) is 5.73 Å². The summed E-state index contributed by atoms with van der Waals surface area (Å²) in [4.78, 5) is 0. The number of unbranched alkanes of at least 4 members (excludes halogenated alkanes) is 1. The number of fused-ring (bicyclic) bond motifs is 1. The molecule has 0 saturated carbocycles. The van der Waals surface area contributed by atoms with Crippen LogP contribution in [0.3, 0.4) is 0 Å². The van der Waals surface area contributed by atoms with Crippen molar-refractivity contribution in [3.8, 4) is 0 Å². The Morgan fingerprint density at radius 3 is 2.87 bits per heavy atom. The second kappa shape index (κ2) is 4.45. The molecule has 0 aliphatic carbocycles. The predicted molar refractivity (Wildman–Crippen MR) is 60.2 cm³/mol. The van der Waals surface area contributed by atoms with Gasteiger partial charge in [0.2, 0.25) is 0 Å². The molecule has 0 unspecified atom stereocenters. The fourth-order valence-electron chi connectivity index (χ4n) is 1.83. The minimum Gasteiger partial charge on any atom is -0.345 e. The summed E-state index contributed by atoms with van der Waals surface area (Å²) in [6, 6.07) is 7.11. The summed E-state index contributed by atoms with van der Waals surface area (Å²) in [6.45, 7) is 1.53. The van der Waals surface area contributed by atoms with Crippen molar-refractivity contribution in [2.75, 3.05) is 6.54 Å². The van der Waals surface area contributed by atoms with Crippen LogP contribution < -0.4 is 5.73 Å². The molecule has 0 radical (unpaired) electrons. The Labute approximate surface area is 88.5 Å². The molecule has 0 bridgehead atoms. The lowest BCUT2D eigenvalue weighted by molar-refractivity contribution is 0.600. The first-order chi connectivity index (χ1) is 7.33. The van der Waals surface area contributed by atoms with E-state index in [0.29, 0.717) is 12.1 Å². The summed E-state index contributed by atoms with van der Waals surface area (Å²) in [7, 11) is 0. The van der Waals surface area contributed by atoms with Crippen molar-refractivity contribution in [3.05, 3.63) is 36.3 Å². The molecule has 0 amide bonds. The van der Waals surface area contributed by atoms with Crippen LogP contribution in [0.5, 0.6) is 0 Å². The van der Waals surface area contributed by atoms with E-state index in [1.165, 1.54) is 6.07 Å². The molecule has 0 aliphatic heterocycles. The van der Waals surface area contributed by atoms with Crippen LogP contribution in [0.15, 0.2) is 30.5 Å². The van der Waals surface area contributed by atoms with Gasteiger partial charge in [0.05, 0.1) is 5.52 Å². The standard InChI is InChI=1S/C12H15FN2/c13-11-5-3-4-10-6-9-15(12(10)11)8-2-1-7-14/h3-6,9H,1-2,7-8,14H2. The van der Waals surface area contributed by atoms with Gasteiger partial charge in [0.25, 0.3) is 0 Å². The van der Waals surface area contributed by atoms with Crippen LogP contribution in [0.25, 0.3) is 10.9 Å². The summed E-state index contributed by atoms with van der Waals surface area (Å²) in [5, 5.41) is 0.961. The van der Waals surface area contributed by atoms with Crippen LogP contribution >= 0.6 is 0 Å². The van der Waals surface area contributed by atoms with Crippen molar-refractivity contribution >= 4 is 10.9 Å². The highest BCUT2D eigenvalue weighted by atomic mass is 19.1. The molecule has 80 valence electrons. The zero-order valence-corrected chi connectivity index (χ0v) is 8.62. The molecule has 0 atom stereocenters. The number of aryl methyl sites for hydroxylation is 1. The normalized spacial score (nSPS) is 11.1. The van der Waals surface area contributed by atoms with Crippen LogP contribution in [-0.2, 0) is 6.54 Å². The molecule has 2 aromatic rings. The van der Waals surface area contributed by atoms with Crippen LogP contribution in [-0.4, -0.2) is 11.1 Å². The Hall–Kier alpha value is -1.35. The van der Waals surface area contributed by atoms with Gasteiger partial charge >= 0.3 is 0 Å². The lowest BCUT2D eigenvalue weighted by Gasteiger charge is -2.05. The molecule has 0 aliphatic rings. The van der Waals surface area contributed by atoms with Gasteiger partial charge in [0.15, 0.2) is 0 Å². The third-order valence-electron chi connectivity index (χ3n) is 2.59. The van der Waals surface area contributed by atoms with Gasteiger partial charge in [0.1, 0.15) is 5.82 Å². The number of hydrogen-bond acceptors (Lipinski definition) is 1. The first-order valence-electron chi connectivity index (χ1n) is 5.26. The molecule has 15 heavy (non-hydrogen) atoms. The van der Waals surface area contributed by atoms with Gasteiger partial charge in [-0.1, -0.05) is 12.1 Å². The van der Waals surface area contributed by atoms with Crippen LogP contribution in [0, 0.1) is 5.82 Å². The lowest BCUT2D eigenvalue weighted by atomic mass is 10.2. The SMILES string of the molecule is NCCCCn1ccc2cccc(F)c21. The molecule has 3 heteroatoms. The summed E-state index contributed by atoms with van der Waals surface area (Å²) in [6.07, 6.45) is 3.91. The molecule has 0 spiro atoms. The van der Waals surface area contributed by atoms with Crippen molar-refractivity contribution in [1.82, 2.24) is 4.57 Å². The highest BCUT2D eigenvalue weighted by molar-refractivity contribution is 5.80. The van der Waals surface area contributed by atoms with E-state index >= 15 is 0 Å². The molecule has 2 rings (SSSR count). The first-order valence-corrected chi connectivity index (χ1v) is 5.26. The summed E-state index contributed by atoms with van der Waals surface area (Å²) in [5.41, 5.74) is 6.13.